The van der Waals surface area contributed by atoms with Crippen molar-refractivity contribution in [1.29, 1.82) is 0 Å². The lowest BCUT2D eigenvalue weighted by Gasteiger charge is -2.25. The number of likely N-dealkylation sites (tertiary alicyclic amines) is 1. The molecular formula is C18H21FN4O2. The summed E-state index contributed by atoms with van der Waals surface area (Å²) in [5.74, 6) is -1.26. The van der Waals surface area contributed by atoms with Crippen LogP contribution in [0.5, 0.6) is 0 Å². The van der Waals surface area contributed by atoms with E-state index in [0.717, 1.165) is 11.3 Å². The number of nitrogens with one attached hydrogen (secondary N) is 1. The number of halogens is 1. The highest BCUT2D eigenvalue weighted by atomic mass is 19.1. The van der Waals surface area contributed by atoms with Gasteiger partial charge in [-0.05, 0) is 24.6 Å². The van der Waals surface area contributed by atoms with Crippen LogP contribution in [0.4, 0.5) is 4.39 Å². The van der Waals surface area contributed by atoms with Crippen LogP contribution in [0.2, 0.25) is 0 Å². The Balaban J connectivity index is 1.77. The van der Waals surface area contributed by atoms with E-state index in [0.29, 0.717) is 12.1 Å². The Morgan fingerprint density at radius 3 is 2.80 bits per heavy atom. The van der Waals surface area contributed by atoms with Crippen molar-refractivity contribution in [3.8, 4) is 0 Å². The smallest absolute Gasteiger partial charge is 0.226 e. The van der Waals surface area contributed by atoms with Crippen molar-refractivity contribution < 1.29 is 14.0 Å². The minimum Gasteiger partial charge on any atom is -0.352 e. The maximum atomic E-state index is 13.6. The molecule has 1 aromatic carbocycles. The molecule has 7 heteroatoms. The quantitative estimate of drug-likeness (QED) is 0.918. The molecule has 6 nitrogen and oxygen atoms in total. The van der Waals surface area contributed by atoms with Crippen LogP contribution in [0.15, 0.2) is 30.5 Å². The number of hydrogen-bond acceptors (Lipinski definition) is 3. The number of nitrogens with zero attached hydrogens (tertiary/aromatic N) is 3. The molecule has 1 aliphatic heterocycles. The van der Waals surface area contributed by atoms with Crippen LogP contribution in [-0.4, -0.2) is 33.5 Å². The van der Waals surface area contributed by atoms with Gasteiger partial charge >= 0.3 is 0 Å². The van der Waals surface area contributed by atoms with Crippen molar-refractivity contribution in [2.45, 2.75) is 25.9 Å². The Morgan fingerprint density at radius 1 is 1.40 bits per heavy atom. The van der Waals surface area contributed by atoms with Gasteiger partial charge in [0.25, 0.3) is 0 Å². The van der Waals surface area contributed by atoms with Crippen LogP contribution in [0.3, 0.4) is 0 Å². The van der Waals surface area contributed by atoms with Gasteiger partial charge in [0.05, 0.1) is 18.2 Å². The van der Waals surface area contributed by atoms with Crippen molar-refractivity contribution in [2.24, 2.45) is 13.0 Å². The average molecular weight is 344 g/mol. The van der Waals surface area contributed by atoms with Crippen molar-refractivity contribution in [3.63, 3.8) is 0 Å². The van der Waals surface area contributed by atoms with Crippen molar-refractivity contribution in [3.05, 3.63) is 53.1 Å². The van der Waals surface area contributed by atoms with E-state index in [2.05, 4.69) is 10.4 Å². The average Bonchev–Trinajstić information content (AvgIpc) is 3.06. The van der Waals surface area contributed by atoms with Gasteiger partial charge in [0.15, 0.2) is 0 Å². The van der Waals surface area contributed by atoms with Crippen molar-refractivity contribution >= 4 is 11.8 Å². The van der Waals surface area contributed by atoms with Gasteiger partial charge in [-0.1, -0.05) is 12.1 Å². The van der Waals surface area contributed by atoms with Crippen molar-refractivity contribution in [1.82, 2.24) is 20.0 Å². The standard InChI is InChI=1S/C18H21FN4O2/c1-11-13(10-21-23(11)3)9-20-18(25)15-8-16(24)22(2)17(15)12-5-4-6-14(19)7-12/h4-7,10,15,17H,8-9H2,1-3H3,(H,20,25)/t15-,17+/m0/s1. The zero-order valence-electron chi connectivity index (χ0n) is 14.5. The monoisotopic (exact) mass is 344 g/mol. The van der Waals surface area contributed by atoms with Crippen LogP contribution in [0.25, 0.3) is 0 Å². The number of rotatable bonds is 4. The summed E-state index contributed by atoms with van der Waals surface area (Å²) < 4.78 is 15.3. The van der Waals surface area contributed by atoms with E-state index in [9.17, 15) is 14.0 Å². The van der Waals surface area contributed by atoms with Gasteiger partial charge < -0.3 is 10.2 Å². The maximum Gasteiger partial charge on any atom is 0.226 e. The topological polar surface area (TPSA) is 67.2 Å². The van der Waals surface area contributed by atoms with Gasteiger partial charge in [0.2, 0.25) is 11.8 Å². The molecule has 1 saturated heterocycles. The molecule has 25 heavy (non-hydrogen) atoms. The first-order valence-corrected chi connectivity index (χ1v) is 8.14. The molecule has 0 bridgehead atoms. The molecule has 3 rings (SSSR count). The Kier molecular flexibility index (Phi) is 4.57. The lowest BCUT2D eigenvalue weighted by molar-refractivity contribution is -0.128. The molecule has 0 unspecified atom stereocenters. The summed E-state index contributed by atoms with van der Waals surface area (Å²) >= 11 is 0. The van der Waals surface area contributed by atoms with Gasteiger partial charge in [0.1, 0.15) is 5.82 Å². The van der Waals surface area contributed by atoms with E-state index >= 15 is 0 Å². The zero-order valence-corrected chi connectivity index (χ0v) is 14.5. The van der Waals surface area contributed by atoms with E-state index in [1.807, 2.05) is 14.0 Å². The van der Waals surface area contributed by atoms with E-state index in [-0.39, 0.29) is 24.1 Å². The van der Waals surface area contributed by atoms with E-state index in [1.54, 1.807) is 30.1 Å². The van der Waals surface area contributed by atoms with Crippen LogP contribution < -0.4 is 5.32 Å². The largest absolute Gasteiger partial charge is 0.352 e. The molecular weight excluding hydrogens is 323 g/mol. The fourth-order valence-electron chi connectivity index (χ4n) is 3.28. The Bertz CT molecular complexity index is 817. The lowest BCUT2D eigenvalue weighted by Crippen LogP contribution is -2.34. The normalized spacial score (nSPS) is 20.2. The van der Waals surface area contributed by atoms with Crippen LogP contribution in [0, 0.1) is 18.7 Å². The third-order valence-electron chi connectivity index (χ3n) is 4.90. The van der Waals surface area contributed by atoms with E-state index in [4.69, 9.17) is 0 Å². The second-order valence-corrected chi connectivity index (χ2v) is 6.41. The first-order chi connectivity index (χ1) is 11.9. The third-order valence-corrected chi connectivity index (χ3v) is 4.90. The Hall–Kier alpha value is -2.70. The predicted octanol–water partition coefficient (Wildman–Crippen LogP) is 1.70. The summed E-state index contributed by atoms with van der Waals surface area (Å²) in [5.41, 5.74) is 2.53. The minimum atomic E-state index is -0.545. The summed E-state index contributed by atoms with van der Waals surface area (Å²) in [6, 6.07) is 5.60. The first-order valence-electron chi connectivity index (χ1n) is 8.14. The molecule has 0 spiro atoms. The zero-order chi connectivity index (χ0) is 18.1. The summed E-state index contributed by atoms with van der Waals surface area (Å²) in [6.45, 7) is 2.28. The third kappa shape index (κ3) is 3.26. The fourth-order valence-corrected chi connectivity index (χ4v) is 3.28. The number of aryl methyl sites for hydroxylation is 1. The van der Waals surface area contributed by atoms with Gasteiger partial charge in [-0.25, -0.2) is 4.39 Å². The molecule has 2 atom stereocenters. The van der Waals surface area contributed by atoms with Crippen LogP contribution in [0.1, 0.15) is 29.3 Å². The van der Waals surface area contributed by atoms with Gasteiger partial charge in [-0.3, -0.25) is 14.3 Å². The number of carbonyl (C=O) groups is 2. The fraction of sp³-hybridized carbons (Fsp3) is 0.389. The Morgan fingerprint density at radius 2 is 2.16 bits per heavy atom. The molecule has 2 amide bonds. The molecule has 1 N–H and O–H groups in total. The summed E-state index contributed by atoms with van der Waals surface area (Å²) in [4.78, 5) is 26.3. The number of hydrogen-bond donors (Lipinski definition) is 1. The molecule has 1 fully saturated rings. The number of aromatic nitrogens is 2. The molecule has 0 saturated carbocycles. The predicted molar refractivity (Wildman–Crippen MR) is 89.8 cm³/mol. The SMILES string of the molecule is Cc1c(CNC(=O)[C@H]2CC(=O)N(C)[C@@H]2c2cccc(F)c2)cnn1C. The van der Waals surface area contributed by atoms with Gasteiger partial charge in [0, 0.05) is 38.3 Å². The van der Waals surface area contributed by atoms with Crippen LogP contribution >= 0.6 is 0 Å². The van der Waals surface area contributed by atoms with Gasteiger partial charge in [-0.2, -0.15) is 5.10 Å². The minimum absolute atomic E-state index is 0.119. The summed E-state index contributed by atoms with van der Waals surface area (Å²) in [5, 5.41) is 7.03. The molecule has 0 radical (unpaired) electrons. The molecule has 2 aromatic rings. The Labute approximate surface area is 145 Å². The maximum absolute atomic E-state index is 13.6. The number of benzene rings is 1. The molecule has 2 heterocycles. The summed E-state index contributed by atoms with van der Waals surface area (Å²) in [6.07, 6.45) is 1.83. The van der Waals surface area contributed by atoms with E-state index in [1.165, 1.54) is 17.0 Å². The number of amides is 2. The first kappa shape index (κ1) is 17.1. The van der Waals surface area contributed by atoms with E-state index < -0.39 is 12.0 Å². The number of carbonyl (C=O) groups excluding carboxylic acids is 2. The van der Waals surface area contributed by atoms with Crippen molar-refractivity contribution in [2.75, 3.05) is 7.05 Å². The second-order valence-electron chi connectivity index (χ2n) is 6.41. The van der Waals surface area contributed by atoms with Crippen LogP contribution in [-0.2, 0) is 23.2 Å². The lowest BCUT2D eigenvalue weighted by atomic mass is 9.92. The summed E-state index contributed by atoms with van der Waals surface area (Å²) in [7, 11) is 3.49. The molecule has 1 aliphatic rings. The molecule has 1 aromatic heterocycles. The molecule has 0 aliphatic carbocycles. The molecule has 132 valence electrons. The van der Waals surface area contributed by atoms with Gasteiger partial charge in [-0.15, -0.1) is 0 Å². The second kappa shape index (κ2) is 6.66. The highest BCUT2D eigenvalue weighted by Crippen LogP contribution is 2.37. The highest BCUT2D eigenvalue weighted by molar-refractivity contribution is 5.90. The highest BCUT2D eigenvalue weighted by Gasteiger charge is 2.42.